The molecule has 0 bridgehead atoms. The second kappa shape index (κ2) is 16.7. The minimum absolute atomic E-state index is 0.0817. The van der Waals surface area contributed by atoms with E-state index < -0.39 is 0 Å². The summed E-state index contributed by atoms with van der Waals surface area (Å²) in [7, 11) is 0. The van der Waals surface area contributed by atoms with Gasteiger partial charge in [-0.05, 0) is 29.2 Å². The second-order valence-corrected chi connectivity index (χ2v) is 3.19. The van der Waals surface area contributed by atoms with Crippen molar-refractivity contribution in [3.8, 4) is 0 Å². The Bertz CT molecular complexity index is 443. The first-order valence-electron chi connectivity index (χ1n) is 7.15. The van der Waals surface area contributed by atoms with Gasteiger partial charge in [-0.25, -0.2) is 0 Å². The summed E-state index contributed by atoms with van der Waals surface area (Å²) in [5.74, 6) is -0.0817. The zero-order chi connectivity index (χ0) is 16.5. The smallest absolute Gasteiger partial charge is 0.255 e. The zero-order valence-corrected chi connectivity index (χ0v) is 15.7. The van der Waals surface area contributed by atoms with Crippen LogP contribution in [-0.4, -0.2) is 10.8 Å². The van der Waals surface area contributed by atoms with E-state index in [2.05, 4.69) is 27.9 Å². The largest absolute Gasteiger partial charge is 0.322 e. The topological polar surface area (TPSA) is 29.1 Å². The monoisotopic (exact) mass is 399 g/mol. The van der Waals surface area contributed by atoms with Crippen LogP contribution >= 0.6 is 22.6 Å². The van der Waals surface area contributed by atoms with E-state index in [0.717, 1.165) is 5.69 Å². The van der Waals surface area contributed by atoms with Gasteiger partial charge in [0.2, 0.25) is 0 Å². The van der Waals surface area contributed by atoms with Crippen molar-refractivity contribution in [1.82, 2.24) is 0 Å². The van der Waals surface area contributed by atoms with Crippen molar-refractivity contribution in [3.63, 3.8) is 0 Å². The highest BCUT2D eigenvalue weighted by Gasteiger charge is 2.03. The fourth-order valence-corrected chi connectivity index (χ4v) is 1.31. The number of carbonyl (C=O) groups is 1. The molecule has 0 spiro atoms. The number of benzene rings is 2. The Kier molecular flexibility index (Phi) is 17.4. The first-order valence-corrected chi connectivity index (χ1v) is 9.31. The minimum Gasteiger partial charge on any atom is -0.322 e. The predicted molar refractivity (Wildman–Crippen MR) is 103 cm³/mol. The summed E-state index contributed by atoms with van der Waals surface area (Å²) in [4.78, 5) is 13.7. The van der Waals surface area contributed by atoms with Crippen molar-refractivity contribution in [1.29, 1.82) is 0 Å². The average molecular weight is 399 g/mol. The van der Waals surface area contributed by atoms with Crippen molar-refractivity contribution in [2.45, 2.75) is 27.7 Å². The van der Waals surface area contributed by atoms with E-state index in [4.69, 9.17) is 0 Å². The van der Waals surface area contributed by atoms with Gasteiger partial charge in [0, 0.05) is 11.3 Å². The molecule has 0 aliphatic heterocycles. The van der Waals surface area contributed by atoms with Crippen molar-refractivity contribution in [2.24, 2.45) is 0 Å². The van der Waals surface area contributed by atoms with E-state index in [0.29, 0.717) is 5.56 Å². The molecular formula is C18H26INO. The second-order valence-electron chi connectivity index (χ2n) is 3.19. The molecule has 2 rings (SSSR count). The van der Waals surface area contributed by atoms with Gasteiger partial charge >= 0.3 is 0 Å². The molecule has 1 amide bonds. The van der Waals surface area contributed by atoms with E-state index in [-0.39, 0.29) is 5.91 Å². The van der Waals surface area contributed by atoms with Gasteiger partial charge in [0.15, 0.2) is 0 Å². The summed E-state index contributed by atoms with van der Waals surface area (Å²) in [5.41, 5.74) is 1.48. The number of alkyl halides is 1. The van der Waals surface area contributed by atoms with Crippen LogP contribution in [0.2, 0.25) is 0 Å². The Morgan fingerprint density at radius 3 is 1.57 bits per heavy atom. The van der Waals surface area contributed by atoms with Gasteiger partial charge in [0.05, 0.1) is 0 Å². The van der Waals surface area contributed by atoms with Gasteiger partial charge in [0.1, 0.15) is 0 Å². The van der Waals surface area contributed by atoms with E-state index >= 15 is 0 Å². The van der Waals surface area contributed by atoms with E-state index in [1.165, 1.54) is 0 Å². The Hall–Kier alpha value is -1.36. The Morgan fingerprint density at radius 1 is 0.762 bits per heavy atom. The number of para-hydroxylation sites is 1. The number of hydrogen-bond donors (Lipinski definition) is 1. The zero-order valence-electron chi connectivity index (χ0n) is 13.6. The summed E-state index contributed by atoms with van der Waals surface area (Å²) in [5, 5.41) is 2.82. The number of carbonyl (C=O) groups excluding carboxylic acids is 1. The molecular weight excluding hydrogens is 373 g/mol. The Labute approximate surface area is 143 Å². The molecule has 0 fully saturated rings. The van der Waals surface area contributed by atoms with Gasteiger partial charge in [-0.2, -0.15) is 0 Å². The van der Waals surface area contributed by atoms with Crippen molar-refractivity contribution >= 4 is 34.2 Å². The molecule has 0 unspecified atom stereocenters. The molecule has 0 saturated heterocycles. The van der Waals surface area contributed by atoms with Gasteiger partial charge in [-0.1, -0.05) is 86.7 Å². The molecule has 0 heterocycles. The first-order chi connectivity index (χ1) is 10.4. The first kappa shape index (κ1) is 21.9. The highest BCUT2D eigenvalue weighted by Crippen LogP contribution is 2.07. The summed E-state index contributed by atoms with van der Waals surface area (Å²) in [6.07, 6.45) is 0. The molecule has 0 aromatic heterocycles. The molecule has 0 saturated carbocycles. The van der Waals surface area contributed by atoms with Crippen molar-refractivity contribution in [3.05, 3.63) is 66.2 Å². The van der Waals surface area contributed by atoms with E-state index in [1.54, 1.807) is 12.1 Å². The number of hydrogen-bond acceptors (Lipinski definition) is 1. The van der Waals surface area contributed by atoms with E-state index in [9.17, 15) is 4.79 Å². The van der Waals surface area contributed by atoms with Crippen LogP contribution in [0.15, 0.2) is 60.7 Å². The summed E-state index contributed by atoms with van der Waals surface area (Å²) < 4.78 is 0. The minimum atomic E-state index is -0.0817. The van der Waals surface area contributed by atoms with Crippen LogP contribution in [0.3, 0.4) is 0 Å². The molecule has 0 aliphatic rings. The lowest BCUT2D eigenvalue weighted by atomic mass is 10.2. The average Bonchev–Trinajstić information content (AvgIpc) is 2.62. The SMILES string of the molecule is CC.CC.CI.O=C(Nc1ccccc1)c1ccccc1. The molecule has 0 atom stereocenters. The third-order valence-corrected chi connectivity index (χ3v) is 2.07. The number of halogens is 1. The fraction of sp³-hybridized carbons (Fsp3) is 0.278. The molecule has 21 heavy (non-hydrogen) atoms. The summed E-state index contributed by atoms with van der Waals surface area (Å²) in [6.45, 7) is 8.00. The number of amides is 1. The lowest BCUT2D eigenvalue weighted by molar-refractivity contribution is 0.102. The van der Waals surface area contributed by atoms with Crippen molar-refractivity contribution < 1.29 is 4.79 Å². The lowest BCUT2D eigenvalue weighted by Gasteiger charge is -2.03. The fourth-order valence-electron chi connectivity index (χ4n) is 1.31. The molecule has 0 radical (unpaired) electrons. The molecule has 2 aromatic rings. The van der Waals surface area contributed by atoms with Crippen LogP contribution in [0.4, 0.5) is 5.69 Å². The van der Waals surface area contributed by atoms with Crippen LogP contribution in [0.1, 0.15) is 38.1 Å². The maximum atomic E-state index is 11.7. The van der Waals surface area contributed by atoms with Gasteiger partial charge in [-0.3, -0.25) is 4.79 Å². The molecule has 1 N–H and O–H groups in total. The Morgan fingerprint density at radius 2 is 1.14 bits per heavy atom. The molecule has 0 aliphatic carbocycles. The number of anilines is 1. The molecule has 116 valence electrons. The van der Waals surface area contributed by atoms with Crippen molar-refractivity contribution in [2.75, 3.05) is 10.2 Å². The highest BCUT2D eigenvalue weighted by molar-refractivity contribution is 14.1. The number of nitrogens with one attached hydrogen (secondary N) is 1. The molecule has 2 aromatic carbocycles. The molecule has 2 nitrogen and oxygen atoms in total. The quantitative estimate of drug-likeness (QED) is 0.484. The maximum absolute atomic E-state index is 11.7. The standard InChI is InChI=1S/C13H11NO.2C2H6.CH3I/c15-13(11-7-3-1-4-8-11)14-12-9-5-2-6-10-12;3*1-2/h1-10H,(H,14,15);2*1-2H3;1H3. The normalized spacial score (nSPS) is 7.71. The van der Waals surface area contributed by atoms with Crippen LogP contribution < -0.4 is 5.32 Å². The van der Waals surface area contributed by atoms with E-state index in [1.807, 2.05) is 81.2 Å². The van der Waals surface area contributed by atoms with Gasteiger partial charge in [-0.15, -0.1) is 0 Å². The lowest BCUT2D eigenvalue weighted by Crippen LogP contribution is -2.11. The summed E-state index contributed by atoms with van der Waals surface area (Å²) in [6, 6.07) is 18.6. The van der Waals surface area contributed by atoms with Crippen LogP contribution in [0.25, 0.3) is 0 Å². The van der Waals surface area contributed by atoms with Gasteiger partial charge < -0.3 is 5.32 Å². The van der Waals surface area contributed by atoms with Crippen LogP contribution in [0.5, 0.6) is 0 Å². The summed E-state index contributed by atoms with van der Waals surface area (Å²) >= 11 is 2.15. The number of rotatable bonds is 2. The Balaban J connectivity index is 0. The molecule has 3 heteroatoms. The highest BCUT2D eigenvalue weighted by atomic mass is 127. The van der Waals surface area contributed by atoms with Crippen LogP contribution in [0, 0.1) is 0 Å². The third-order valence-electron chi connectivity index (χ3n) is 2.07. The van der Waals surface area contributed by atoms with Gasteiger partial charge in [0.25, 0.3) is 5.91 Å². The third kappa shape index (κ3) is 10.1. The van der Waals surface area contributed by atoms with Crippen LogP contribution in [-0.2, 0) is 0 Å². The predicted octanol–water partition coefficient (Wildman–Crippen LogP) is 6.04. The maximum Gasteiger partial charge on any atom is 0.255 e.